The summed E-state index contributed by atoms with van der Waals surface area (Å²) in [6.45, 7) is 3.80. The number of hydrogen-bond acceptors (Lipinski definition) is 4. The average molecular weight is 269 g/mol. The lowest BCUT2D eigenvalue weighted by Crippen LogP contribution is -2.52. The fourth-order valence-corrected chi connectivity index (χ4v) is 3.02. The Morgan fingerprint density at radius 3 is 2.68 bits per heavy atom. The van der Waals surface area contributed by atoms with Crippen molar-refractivity contribution in [1.29, 1.82) is 0 Å². The minimum atomic E-state index is -0.768. The molecule has 0 spiro atoms. The molecule has 2 aliphatic carbocycles. The highest BCUT2D eigenvalue weighted by molar-refractivity contribution is 5.81. The molecule has 0 aliphatic heterocycles. The van der Waals surface area contributed by atoms with Gasteiger partial charge in [0.2, 0.25) is 0 Å². The minimum Gasteiger partial charge on any atom is -0.465 e. The second-order valence-electron chi connectivity index (χ2n) is 5.98. The summed E-state index contributed by atoms with van der Waals surface area (Å²) in [6.07, 6.45) is 7.60. The lowest BCUT2D eigenvalue weighted by Gasteiger charge is -2.28. The Bertz CT molecular complexity index is 304. The van der Waals surface area contributed by atoms with Gasteiger partial charge in [-0.3, -0.25) is 4.79 Å². The molecule has 0 aromatic carbocycles. The first-order valence-electron chi connectivity index (χ1n) is 7.70. The van der Waals surface area contributed by atoms with Crippen LogP contribution in [0, 0.1) is 11.8 Å². The Labute approximate surface area is 116 Å². The standard InChI is InChI=1S/C15H27NO3/c1-2-19-14(17)15(16)9-3-4-13(15)8-11-18-10-7-12-5-6-12/h12-13H,2-11,16H2,1H3. The van der Waals surface area contributed by atoms with E-state index in [1.165, 1.54) is 19.3 Å². The highest BCUT2D eigenvalue weighted by Crippen LogP contribution is 2.37. The monoisotopic (exact) mass is 269 g/mol. The summed E-state index contributed by atoms with van der Waals surface area (Å²) < 4.78 is 10.8. The van der Waals surface area contributed by atoms with Crippen molar-refractivity contribution < 1.29 is 14.3 Å². The van der Waals surface area contributed by atoms with Gasteiger partial charge in [0, 0.05) is 13.2 Å². The van der Waals surface area contributed by atoms with Crippen LogP contribution in [0.1, 0.15) is 51.9 Å². The van der Waals surface area contributed by atoms with Crippen LogP contribution in [-0.4, -0.2) is 31.3 Å². The van der Waals surface area contributed by atoms with Crippen molar-refractivity contribution in [3.05, 3.63) is 0 Å². The molecular weight excluding hydrogens is 242 g/mol. The normalized spacial score (nSPS) is 30.5. The van der Waals surface area contributed by atoms with Crippen LogP contribution in [0.5, 0.6) is 0 Å². The van der Waals surface area contributed by atoms with Gasteiger partial charge in [-0.05, 0) is 44.4 Å². The molecule has 2 unspecified atom stereocenters. The van der Waals surface area contributed by atoms with Crippen molar-refractivity contribution in [3.8, 4) is 0 Å². The molecule has 2 saturated carbocycles. The summed E-state index contributed by atoms with van der Waals surface area (Å²) >= 11 is 0. The Morgan fingerprint density at radius 2 is 2.00 bits per heavy atom. The van der Waals surface area contributed by atoms with Crippen molar-refractivity contribution in [2.75, 3.05) is 19.8 Å². The molecule has 4 nitrogen and oxygen atoms in total. The maximum Gasteiger partial charge on any atom is 0.326 e. The Morgan fingerprint density at radius 1 is 1.26 bits per heavy atom. The summed E-state index contributed by atoms with van der Waals surface area (Å²) in [5.41, 5.74) is 5.51. The van der Waals surface area contributed by atoms with Gasteiger partial charge in [-0.2, -0.15) is 0 Å². The van der Waals surface area contributed by atoms with E-state index < -0.39 is 5.54 Å². The molecule has 0 aromatic heterocycles. The SMILES string of the molecule is CCOC(=O)C1(N)CCCC1CCOCCC1CC1. The molecule has 2 rings (SSSR count). The maximum absolute atomic E-state index is 12.0. The largest absolute Gasteiger partial charge is 0.465 e. The lowest BCUT2D eigenvalue weighted by molar-refractivity contribution is -0.151. The van der Waals surface area contributed by atoms with E-state index in [4.69, 9.17) is 15.2 Å². The molecule has 2 aliphatic rings. The van der Waals surface area contributed by atoms with Crippen LogP contribution in [-0.2, 0) is 14.3 Å². The van der Waals surface area contributed by atoms with E-state index in [0.29, 0.717) is 6.61 Å². The first-order chi connectivity index (χ1) is 9.16. The zero-order chi connectivity index (χ0) is 13.7. The summed E-state index contributed by atoms with van der Waals surface area (Å²) in [6, 6.07) is 0. The van der Waals surface area contributed by atoms with Gasteiger partial charge in [0.15, 0.2) is 0 Å². The predicted octanol–water partition coefficient (Wildman–Crippen LogP) is 2.25. The van der Waals surface area contributed by atoms with Crippen LogP contribution in [0.25, 0.3) is 0 Å². The molecule has 2 N–H and O–H groups in total. The summed E-state index contributed by atoms with van der Waals surface area (Å²) in [4.78, 5) is 12.0. The molecular formula is C15H27NO3. The van der Waals surface area contributed by atoms with E-state index in [1.807, 2.05) is 6.92 Å². The molecule has 0 saturated heterocycles. The highest BCUT2D eigenvalue weighted by Gasteiger charge is 2.46. The van der Waals surface area contributed by atoms with E-state index in [0.717, 1.165) is 44.8 Å². The van der Waals surface area contributed by atoms with Crippen molar-refractivity contribution in [3.63, 3.8) is 0 Å². The first-order valence-corrected chi connectivity index (χ1v) is 7.70. The van der Waals surface area contributed by atoms with Crippen LogP contribution < -0.4 is 5.73 Å². The molecule has 2 atom stereocenters. The molecule has 0 radical (unpaired) electrons. The van der Waals surface area contributed by atoms with Crippen LogP contribution in [0.4, 0.5) is 0 Å². The molecule has 4 heteroatoms. The van der Waals surface area contributed by atoms with Crippen molar-refractivity contribution in [2.45, 2.75) is 57.4 Å². The summed E-state index contributed by atoms with van der Waals surface area (Å²) in [5, 5.41) is 0. The van der Waals surface area contributed by atoms with E-state index in [1.54, 1.807) is 0 Å². The molecule has 0 bridgehead atoms. The summed E-state index contributed by atoms with van der Waals surface area (Å²) in [7, 11) is 0. The third-order valence-electron chi connectivity index (χ3n) is 4.51. The number of carbonyl (C=O) groups is 1. The molecule has 0 heterocycles. The average Bonchev–Trinajstić information content (AvgIpc) is 3.13. The number of ether oxygens (including phenoxy) is 2. The van der Waals surface area contributed by atoms with E-state index in [9.17, 15) is 4.79 Å². The van der Waals surface area contributed by atoms with Crippen molar-refractivity contribution in [2.24, 2.45) is 17.6 Å². The van der Waals surface area contributed by atoms with Crippen LogP contribution in [0.15, 0.2) is 0 Å². The zero-order valence-corrected chi connectivity index (χ0v) is 12.0. The minimum absolute atomic E-state index is 0.215. The highest BCUT2D eigenvalue weighted by atomic mass is 16.5. The Hall–Kier alpha value is -0.610. The quantitative estimate of drug-likeness (QED) is 0.542. The van der Waals surface area contributed by atoms with Gasteiger partial charge >= 0.3 is 5.97 Å². The molecule has 0 aromatic rings. The van der Waals surface area contributed by atoms with Crippen LogP contribution in [0.3, 0.4) is 0 Å². The second kappa shape index (κ2) is 6.71. The Kier molecular flexibility index (Phi) is 5.22. The zero-order valence-electron chi connectivity index (χ0n) is 12.0. The fourth-order valence-electron chi connectivity index (χ4n) is 3.02. The lowest BCUT2D eigenvalue weighted by atomic mass is 9.86. The van der Waals surface area contributed by atoms with E-state index >= 15 is 0 Å². The number of carbonyl (C=O) groups excluding carboxylic acids is 1. The van der Waals surface area contributed by atoms with Gasteiger partial charge in [-0.15, -0.1) is 0 Å². The van der Waals surface area contributed by atoms with Crippen molar-refractivity contribution >= 4 is 5.97 Å². The van der Waals surface area contributed by atoms with Crippen LogP contribution >= 0.6 is 0 Å². The number of esters is 1. The number of rotatable bonds is 8. The molecule has 110 valence electrons. The van der Waals surface area contributed by atoms with Gasteiger partial charge in [0.1, 0.15) is 5.54 Å². The van der Waals surface area contributed by atoms with Gasteiger partial charge in [0.25, 0.3) is 0 Å². The maximum atomic E-state index is 12.0. The van der Waals surface area contributed by atoms with Crippen molar-refractivity contribution in [1.82, 2.24) is 0 Å². The first kappa shape index (κ1) is 14.8. The number of nitrogens with two attached hydrogens (primary N) is 1. The smallest absolute Gasteiger partial charge is 0.326 e. The number of hydrogen-bond donors (Lipinski definition) is 1. The molecule has 0 amide bonds. The molecule has 19 heavy (non-hydrogen) atoms. The third kappa shape index (κ3) is 3.93. The van der Waals surface area contributed by atoms with E-state index in [-0.39, 0.29) is 11.9 Å². The van der Waals surface area contributed by atoms with Crippen LogP contribution in [0.2, 0.25) is 0 Å². The summed E-state index contributed by atoms with van der Waals surface area (Å²) in [5.74, 6) is 0.905. The van der Waals surface area contributed by atoms with Gasteiger partial charge in [0.05, 0.1) is 6.61 Å². The third-order valence-corrected chi connectivity index (χ3v) is 4.51. The van der Waals surface area contributed by atoms with Gasteiger partial charge in [-0.25, -0.2) is 0 Å². The van der Waals surface area contributed by atoms with E-state index in [2.05, 4.69) is 0 Å². The second-order valence-corrected chi connectivity index (χ2v) is 5.98. The predicted molar refractivity (Wildman–Crippen MR) is 73.7 cm³/mol. The fraction of sp³-hybridized carbons (Fsp3) is 0.933. The van der Waals surface area contributed by atoms with Gasteiger partial charge in [-0.1, -0.05) is 19.3 Å². The Balaban J connectivity index is 1.69. The topological polar surface area (TPSA) is 61.5 Å². The molecule has 2 fully saturated rings. The van der Waals surface area contributed by atoms with Gasteiger partial charge < -0.3 is 15.2 Å².